The molecule has 0 unspecified atom stereocenters. The number of nitrogens with zero attached hydrogens (tertiary/aromatic N) is 1. The van der Waals surface area contributed by atoms with Gasteiger partial charge in [0, 0.05) is 17.6 Å². The number of carbonyl (C=O) groups is 1. The lowest BCUT2D eigenvalue weighted by molar-refractivity contribution is -0.172. The molecule has 3 atom stereocenters. The van der Waals surface area contributed by atoms with Crippen LogP contribution in [-0.2, 0) is 28.8 Å². The average Bonchev–Trinajstić information content (AvgIpc) is 3.10. The molecule has 1 aromatic carbocycles. The Hall–Kier alpha value is -1.00. The van der Waals surface area contributed by atoms with Crippen molar-refractivity contribution >= 4 is 32.2 Å². The van der Waals surface area contributed by atoms with E-state index < -0.39 is 33.6 Å². The Morgan fingerprint density at radius 1 is 1.23 bits per heavy atom. The number of hydrogen-bond acceptors (Lipinski definition) is 6. The fourth-order valence-electron chi connectivity index (χ4n) is 5.16. The lowest BCUT2D eigenvalue weighted by Crippen LogP contribution is -2.40. The van der Waals surface area contributed by atoms with Gasteiger partial charge in [0.15, 0.2) is 5.79 Å². The Bertz CT molecular complexity index is 972. The van der Waals surface area contributed by atoms with Gasteiger partial charge in [-0.1, -0.05) is 28.1 Å². The molecule has 2 saturated heterocycles. The third kappa shape index (κ3) is 4.71. The summed E-state index contributed by atoms with van der Waals surface area (Å²) in [4.78, 5) is 12.6. The number of piperidine rings is 1. The van der Waals surface area contributed by atoms with E-state index >= 15 is 0 Å². The molecule has 4 rings (SSSR count). The third-order valence-electron chi connectivity index (χ3n) is 6.68. The molecule has 0 amide bonds. The molecular formula is C22H30BrNO6S. The molecule has 3 aliphatic rings. The summed E-state index contributed by atoms with van der Waals surface area (Å²) in [6, 6.07) is 6.25. The minimum absolute atomic E-state index is 0.243. The molecule has 9 heteroatoms. The zero-order chi connectivity index (χ0) is 22.6. The van der Waals surface area contributed by atoms with Crippen LogP contribution in [0, 0.1) is 12.8 Å². The highest BCUT2D eigenvalue weighted by atomic mass is 79.9. The third-order valence-corrected chi connectivity index (χ3v) is 8.94. The van der Waals surface area contributed by atoms with Crippen molar-refractivity contribution in [3.8, 4) is 0 Å². The van der Waals surface area contributed by atoms with Gasteiger partial charge in [-0.2, -0.15) is 12.7 Å². The second-order valence-electron chi connectivity index (χ2n) is 9.60. The Morgan fingerprint density at radius 3 is 2.52 bits per heavy atom. The van der Waals surface area contributed by atoms with Gasteiger partial charge in [-0.05, 0) is 76.5 Å². The van der Waals surface area contributed by atoms with Gasteiger partial charge < -0.3 is 13.7 Å². The first kappa shape index (κ1) is 23.2. The molecule has 0 aromatic heterocycles. The lowest BCUT2D eigenvalue weighted by atomic mass is 9.89. The van der Waals surface area contributed by atoms with E-state index in [1.807, 2.05) is 33.8 Å². The van der Waals surface area contributed by atoms with Crippen LogP contribution >= 0.6 is 15.9 Å². The number of fused-ring (bicyclic) bond motifs is 1. The first-order valence-corrected chi connectivity index (χ1v) is 12.9. The summed E-state index contributed by atoms with van der Waals surface area (Å²) in [7, 11) is -4.11. The monoisotopic (exact) mass is 515 g/mol. The molecule has 7 nitrogen and oxygen atoms in total. The summed E-state index contributed by atoms with van der Waals surface area (Å²) in [5, 5.41) is 0. The molecule has 3 fully saturated rings. The molecule has 31 heavy (non-hydrogen) atoms. The Kier molecular flexibility index (Phi) is 6.05. The Morgan fingerprint density at radius 2 is 1.90 bits per heavy atom. The standard InChI is InChI=1S/C22H30BrNO6S/c1-14-11-16(5-6-18(14)23)15-7-9-24(10-8-15)31(26,27)29-20(25)17-12-19-22(4,13-17)30-21(2,3)28-19/h5-6,11,15,17,19H,7-10,12-13H2,1-4H3/t17-,19+,22+/m1/s1. The predicted octanol–water partition coefficient (Wildman–Crippen LogP) is 4.05. The van der Waals surface area contributed by atoms with Crippen LogP contribution < -0.4 is 0 Å². The van der Waals surface area contributed by atoms with Crippen LogP contribution in [0.1, 0.15) is 63.5 Å². The average molecular weight is 516 g/mol. The summed E-state index contributed by atoms with van der Waals surface area (Å²) < 4.78 is 44.7. The molecule has 0 bridgehead atoms. The van der Waals surface area contributed by atoms with Crippen LogP contribution in [0.2, 0.25) is 0 Å². The van der Waals surface area contributed by atoms with Crippen molar-refractivity contribution in [2.45, 2.75) is 76.8 Å². The normalized spacial score (nSPS) is 31.5. The maximum atomic E-state index is 12.7. The summed E-state index contributed by atoms with van der Waals surface area (Å²) >= 11 is 3.51. The van der Waals surface area contributed by atoms with Gasteiger partial charge in [-0.3, -0.25) is 4.79 Å². The van der Waals surface area contributed by atoms with E-state index in [9.17, 15) is 13.2 Å². The Labute approximate surface area is 192 Å². The van der Waals surface area contributed by atoms with E-state index in [0.717, 1.165) is 10.0 Å². The van der Waals surface area contributed by atoms with Gasteiger partial charge >= 0.3 is 16.3 Å². The molecule has 0 spiro atoms. The first-order valence-electron chi connectivity index (χ1n) is 10.8. The van der Waals surface area contributed by atoms with Crippen molar-refractivity contribution < 1.29 is 26.9 Å². The van der Waals surface area contributed by atoms with Gasteiger partial charge in [0.2, 0.25) is 0 Å². The minimum Gasteiger partial charge on any atom is -0.344 e. The van der Waals surface area contributed by atoms with E-state index in [1.165, 1.54) is 9.87 Å². The largest absolute Gasteiger partial charge is 0.387 e. The lowest BCUT2D eigenvalue weighted by Gasteiger charge is -2.31. The van der Waals surface area contributed by atoms with Gasteiger partial charge in [-0.25, -0.2) is 0 Å². The molecular weight excluding hydrogens is 486 g/mol. The van der Waals surface area contributed by atoms with Crippen molar-refractivity contribution in [1.29, 1.82) is 0 Å². The summed E-state index contributed by atoms with van der Waals surface area (Å²) in [6.45, 7) is 8.30. The summed E-state index contributed by atoms with van der Waals surface area (Å²) in [5.74, 6) is -1.67. The SMILES string of the molecule is Cc1cc(C2CCN(S(=O)(=O)OC(=O)[C@@H]3C[C@@H]4OC(C)(C)O[C@@]4(C)C3)CC2)ccc1Br. The van der Waals surface area contributed by atoms with Crippen molar-refractivity contribution in [2.75, 3.05) is 13.1 Å². The van der Waals surface area contributed by atoms with Crippen LogP contribution in [0.4, 0.5) is 0 Å². The number of halogens is 1. The van der Waals surface area contributed by atoms with Crippen LogP contribution in [-0.4, -0.2) is 49.3 Å². The van der Waals surface area contributed by atoms with Gasteiger partial charge in [0.05, 0.1) is 17.6 Å². The van der Waals surface area contributed by atoms with Crippen molar-refractivity contribution in [3.63, 3.8) is 0 Å². The number of hydrogen-bond donors (Lipinski definition) is 0. The van der Waals surface area contributed by atoms with Crippen LogP contribution in [0.15, 0.2) is 22.7 Å². The highest BCUT2D eigenvalue weighted by Crippen LogP contribution is 2.49. The maximum absolute atomic E-state index is 12.7. The number of carbonyl (C=O) groups excluding carboxylic acids is 1. The molecule has 0 N–H and O–H groups in total. The van der Waals surface area contributed by atoms with Gasteiger partial charge in [-0.15, -0.1) is 0 Å². The first-order chi connectivity index (χ1) is 14.4. The quantitative estimate of drug-likeness (QED) is 0.601. The molecule has 0 radical (unpaired) electrons. The van der Waals surface area contributed by atoms with Crippen LogP contribution in [0.3, 0.4) is 0 Å². The van der Waals surface area contributed by atoms with E-state index in [-0.39, 0.29) is 6.10 Å². The van der Waals surface area contributed by atoms with E-state index in [0.29, 0.717) is 44.7 Å². The molecule has 1 saturated carbocycles. The van der Waals surface area contributed by atoms with E-state index in [2.05, 4.69) is 28.1 Å². The van der Waals surface area contributed by atoms with Crippen molar-refractivity contribution in [2.24, 2.45) is 5.92 Å². The summed E-state index contributed by atoms with van der Waals surface area (Å²) in [5.41, 5.74) is 1.77. The fourth-order valence-corrected chi connectivity index (χ4v) is 6.51. The molecule has 2 heterocycles. The minimum atomic E-state index is -4.11. The second-order valence-corrected chi connectivity index (χ2v) is 12.0. The Balaban J connectivity index is 1.34. The predicted molar refractivity (Wildman–Crippen MR) is 119 cm³/mol. The number of aryl methyl sites for hydroxylation is 1. The van der Waals surface area contributed by atoms with Crippen LogP contribution in [0.25, 0.3) is 0 Å². The fraction of sp³-hybridized carbons (Fsp3) is 0.682. The number of rotatable bonds is 4. The molecule has 1 aromatic rings. The zero-order valence-electron chi connectivity index (χ0n) is 18.4. The second kappa shape index (κ2) is 8.09. The van der Waals surface area contributed by atoms with E-state index in [1.54, 1.807) is 0 Å². The highest BCUT2D eigenvalue weighted by Gasteiger charge is 2.57. The molecule has 1 aliphatic carbocycles. The van der Waals surface area contributed by atoms with Crippen LogP contribution in [0.5, 0.6) is 0 Å². The highest BCUT2D eigenvalue weighted by molar-refractivity contribution is 9.10. The maximum Gasteiger partial charge on any atom is 0.387 e. The van der Waals surface area contributed by atoms with Crippen molar-refractivity contribution in [1.82, 2.24) is 4.31 Å². The molecule has 172 valence electrons. The smallest absolute Gasteiger partial charge is 0.344 e. The molecule has 2 aliphatic heterocycles. The van der Waals surface area contributed by atoms with Crippen molar-refractivity contribution in [3.05, 3.63) is 33.8 Å². The van der Waals surface area contributed by atoms with E-state index in [4.69, 9.17) is 13.7 Å². The van der Waals surface area contributed by atoms with Gasteiger partial charge in [0.1, 0.15) is 0 Å². The zero-order valence-corrected chi connectivity index (χ0v) is 20.8. The summed E-state index contributed by atoms with van der Waals surface area (Å²) in [6.07, 6.45) is 1.93. The topological polar surface area (TPSA) is 82.1 Å². The number of ether oxygens (including phenoxy) is 2. The van der Waals surface area contributed by atoms with Gasteiger partial charge in [0.25, 0.3) is 0 Å². The number of benzene rings is 1.